The maximum Gasteiger partial charge on any atom is 0.410 e. The van der Waals surface area contributed by atoms with Crippen molar-refractivity contribution in [3.63, 3.8) is 0 Å². The zero-order valence-corrected chi connectivity index (χ0v) is 11.1. The van der Waals surface area contributed by atoms with Gasteiger partial charge in [-0.2, -0.15) is 0 Å². The molecule has 2 unspecified atom stereocenters. The number of carbonyl (C=O) groups is 2. The Morgan fingerprint density at radius 1 is 1.37 bits per heavy atom. The summed E-state index contributed by atoms with van der Waals surface area (Å²) in [5.74, 6) is -5.96. The van der Waals surface area contributed by atoms with Gasteiger partial charge in [-0.15, -0.1) is 0 Å². The lowest BCUT2D eigenvalue weighted by Gasteiger charge is -2.31. The van der Waals surface area contributed by atoms with Gasteiger partial charge in [-0.25, -0.2) is 13.6 Å². The van der Waals surface area contributed by atoms with Gasteiger partial charge in [-0.3, -0.25) is 4.79 Å². The number of nitrogens with zero attached hydrogens (tertiary/aromatic N) is 1. The number of hydrogen-bond donors (Lipinski definition) is 1. The molecular weight excluding hydrogens is 260 g/mol. The number of carboxylic acids is 1. The van der Waals surface area contributed by atoms with E-state index in [9.17, 15) is 18.4 Å². The van der Waals surface area contributed by atoms with Crippen LogP contribution in [0.2, 0.25) is 0 Å². The van der Waals surface area contributed by atoms with Gasteiger partial charge in [0.25, 0.3) is 5.92 Å². The minimum atomic E-state index is -3.24. The first-order valence-electron chi connectivity index (χ1n) is 6.11. The predicted molar refractivity (Wildman–Crippen MR) is 60.9 cm³/mol. The van der Waals surface area contributed by atoms with Crippen LogP contribution in [0.15, 0.2) is 0 Å². The van der Waals surface area contributed by atoms with Crippen LogP contribution < -0.4 is 0 Å². The molecule has 0 aromatic rings. The van der Waals surface area contributed by atoms with Crippen LogP contribution in [-0.4, -0.2) is 46.7 Å². The zero-order valence-electron chi connectivity index (χ0n) is 11.1. The van der Waals surface area contributed by atoms with Gasteiger partial charge in [0.15, 0.2) is 5.41 Å². The first kappa shape index (κ1) is 14.0. The first-order chi connectivity index (χ1) is 8.52. The lowest BCUT2D eigenvalue weighted by molar-refractivity contribution is -0.149. The lowest BCUT2D eigenvalue weighted by Crippen LogP contribution is -2.46. The molecule has 2 atom stereocenters. The SMILES string of the molecule is CC(C)(C)OC(=O)N1CCC2C(F)(F)C2(C(=O)O)C1. The summed E-state index contributed by atoms with van der Waals surface area (Å²) in [5, 5.41) is 9.05. The minimum Gasteiger partial charge on any atom is -0.481 e. The standard InChI is InChI=1S/C12H17F2NO4/c1-10(2,3)19-9(18)15-5-4-7-11(6-15,8(16)17)12(7,13)14/h7H,4-6H2,1-3H3,(H,16,17). The summed E-state index contributed by atoms with van der Waals surface area (Å²) in [6, 6.07) is 0. The van der Waals surface area contributed by atoms with Crippen LogP contribution in [-0.2, 0) is 9.53 Å². The second-order valence-corrected chi connectivity index (χ2v) is 6.14. The lowest BCUT2D eigenvalue weighted by atomic mass is 9.97. The third-order valence-electron chi connectivity index (χ3n) is 3.71. The van der Waals surface area contributed by atoms with Crippen molar-refractivity contribution < 1.29 is 28.2 Å². The number of piperidine rings is 1. The minimum absolute atomic E-state index is 0.0153. The molecule has 0 aromatic carbocycles. The quantitative estimate of drug-likeness (QED) is 0.795. The summed E-state index contributed by atoms with van der Waals surface area (Å²) >= 11 is 0. The van der Waals surface area contributed by atoms with E-state index >= 15 is 0 Å². The highest BCUT2D eigenvalue weighted by Crippen LogP contribution is 2.69. The molecule has 108 valence electrons. The fraction of sp³-hybridized carbons (Fsp3) is 0.833. The number of alkyl halides is 2. The molecule has 7 heteroatoms. The molecule has 1 N–H and O–H groups in total. The Hall–Kier alpha value is -1.40. The van der Waals surface area contributed by atoms with Crippen molar-refractivity contribution in [2.45, 2.75) is 38.7 Å². The molecule has 1 heterocycles. The number of halogens is 2. The number of fused-ring (bicyclic) bond motifs is 1. The van der Waals surface area contributed by atoms with Crippen molar-refractivity contribution in [3.05, 3.63) is 0 Å². The fourth-order valence-corrected chi connectivity index (χ4v) is 2.68. The molecule has 1 saturated carbocycles. The van der Waals surface area contributed by atoms with Crippen LogP contribution in [0, 0.1) is 11.3 Å². The molecule has 1 saturated heterocycles. The number of amides is 1. The summed E-state index contributed by atoms with van der Waals surface area (Å²) in [4.78, 5) is 24.0. The van der Waals surface area contributed by atoms with E-state index in [-0.39, 0.29) is 13.0 Å². The predicted octanol–water partition coefficient (Wildman–Crippen LogP) is 1.96. The van der Waals surface area contributed by atoms with E-state index in [1.54, 1.807) is 20.8 Å². The molecule has 2 aliphatic rings. The second-order valence-electron chi connectivity index (χ2n) is 6.14. The molecule has 1 aliphatic heterocycles. The Morgan fingerprint density at radius 3 is 2.42 bits per heavy atom. The molecule has 2 fully saturated rings. The fourth-order valence-electron chi connectivity index (χ4n) is 2.68. The van der Waals surface area contributed by atoms with Crippen LogP contribution >= 0.6 is 0 Å². The van der Waals surface area contributed by atoms with Crippen molar-refractivity contribution in [3.8, 4) is 0 Å². The molecule has 1 amide bonds. The number of rotatable bonds is 1. The van der Waals surface area contributed by atoms with E-state index in [4.69, 9.17) is 9.84 Å². The highest BCUT2D eigenvalue weighted by Gasteiger charge is 2.86. The summed E-state index contributed by atoms with van der Waals surface area (Å²) in [7, 11) is 0. The molecule has 0 spiro atoms. The largest absolute Gasteiger partial charge is 0.481 e. The van der Waals surface area contributed by atoms with E-state index in [0.29, 0.717) is 0 Å². The molecule has 19 heavy (non-hydrogen) atoms. The summed E-state index contributed by atoms with van der Waals surface area (Å²) in [6.07, 6.45) is -0.757. The highest BCUT2D eigenvalue weighted by atomic mass is 19.3. The summed E-state index contributed by atoms with van der Waals surface area (Å²) in [5.41, 5.74) is -2.86. The van der Waals surface area contributed by atoms with E-state index in [2.05, 4.69) is 0 Å². The van der Waals surface area contributed by atoms with Gasteiger partial charge in [0.1, 0.15) is 5.60 Å². The normalized spacial score (nSPS) is 32.5. The maximum atomic E-state index is 13.6. The third-order valence-corrected chi connectivity index (χ3v) is 3.71. The summed E-state index contributed by atoms with van der Waals surface area (Å²) < 4.78 is 32.3. The van der Waals surface area contributed by atoms with Crippen LogP contribution in [0.5, 0.6) is 0 Å². The van der Waals surface area contributed by atoms with Crippen molar-refractivity contribution >= 4 is 12.1 Å². The molecule has 1 aliphatic carbocycles. The van der Waals surface area contributed by atoms with Crippen LogP contribution in [0.3, 0.4) is 0 Å². The molecule has 5 nitrogen and oxygen atoms in total. The molecule has 0 radical (unpaired) electrons. The van der Waals surface area contributed by atoms with Gasteiger partial charge in [-0.05, 0) is 27.2 Å². The maximum absolute atomic E-state index is 13.6. The van der Waals surface area contributed by atoms with Gasteiger partial charge in [0.2, 0.25) is 0 Å². The number of ether oxygens (including phenoxy) is 1. The number of likely N-dealkylation sites (tertiary alicyclic amines) is 1. The van der Waals surface area contributed by atoms with Crippen LogP contribution in [0.25, 0.3) is 0 Å². The molecular formula is C12H17F2NO4. The topological polar surface area (TPSA) is 66.8 Å². The van der Waals surface area contributed by atoms with Crippen molar-refractivity contribution in [1.82, 2.24) is 4.90 Å². The van der Waals surface area contributed by atoms with E-state index < -0.39 is 41.5 Å². The zero-order chi connectivity index (χ0) is 14.6. The van der Waals surface area contributed by atoms with Crippen molar-refractivity contribution in [2.24, 2.45) is 11.3 Å². The van der Waals surface area contributed by atoms with E-state index in [0.717, 1.165) is 4.90 Å². The monoisotopic (exact) mass is 277 g/mol. The average molecular weight is 277 g/mol. The van der Waals surface area contributed by atoms with Crippen LogP contribution in [0.1, 0.15) is 27.2 Å². The van der Waals surface area contributed by atoms with Gasteiger partial charge >= 0.3 is 12.1 Å². The van der Waals surface area contributed by atoms with E-state index in [1.807, 2.05) is 0 Å². The molecule has 0 bridgehead atoms. The third kappa shape index (κ3) is 1.95. The average Bonchev–Trinajstić information content (AvgIpc) is 2.75. The van der Waals surface area contributed by atoms with Gasteiger partial charge in [0, 0.05) is 19.0 Å². The van der Waals surface area contributed by atoms with Gasteiger partial charge in [-0.1, -0.05) is 0 Å². The highest BCUT2D eigenvalue weighted by molar-refractivity contribution is 5.83. The molecule has 0 aromatic heterocycles. The number of hydrogen-bond acceptors (Lipinski definition) is 3. The van der Waals surface area contributed by atoms with Gasteiger partial charge < -0.3 is 14.7 Å². The number of carbonyl (C=O) groups excluding carboxylic acids is 1. The Kier molecular flexibility index (Phi) is 2.80. The first-order valence-corrected chi connectivity index (χ1v) is 6.11. The second kappa shape index (κ2) is 3.80. The molecule has 2 rings (SSSR count). The summed E-state index contributed by atoms with van der Waals surface area (Å²) in [6.45, 7) is 4.60. The van der Waals surface area contributed by atoms with Crippen LogP contribution in [0.4, 0.5) is 13.6 Å². The smallest absolute Gasteiger partial charge is 0.410 e. The van der Waals surface area contributed by atoms with Crippen molar-refractivity contribution in [1.29, 1.82) is 0 Å². The van der Waals surface area contributed by atoms with E-state index in [1.165, 1.54) is 0 Å². The number of carboxylic acid groups (broad SMARTS) is 1. The Labute approximate surface area is 109 Å². The number of aliphatic carboxylic acids is 1. The Balaban J connectivity index is 2.13. The Bertz CT molecular complexity index is 432. The van der Waals surface area contributed by atoms with Gasteiger partial charge in [0.05, 0.1) is 0 Å². The van der Waals surface area contributed by atoms with Crippen molar-refractivity contribution in [2.75, 3.05) is 13.1 Å². The Morgan fingerprint density at radius 2 is 1.95 bits per heavy atom.